The van der Waals surface area contributed by atoms with Crippen molar-refractivity contribution >= 4 is 41.0 Å². The number of rotatable bonds is 10. The molecule has 0 bridgehead atoms. The fraction of sp³-hybridized carbons (Fsp3) is 0.350. The standard InChI is InChI=1S/C40H41N7O6/c1-40(2,26-5-10-31(11-6-26)53-24-28-15-16-41-39(43-28)45-17-19-52-20-18-45)25-3-8-30(9-4-25)46-22-29(23-46)42-27-7-12-32-33(21-27)38(51)47(37(32)50)34-13-14-35(48)44-36(34)49/h3-12,15-16,21,29,34,42H,13-14,17-20,22-24H2,1-2H3,(H,44,48,49). The number of anilines is 3. The lowest BCUT2D eigenvalue weighted by molar-refractivity contribution is -0.136. The number of ether oxygens (including phenoxy) is 2. The highest BCUT2D eigenvalue weighted by Gasteiger charge is 2.44. The third-order valence-corrected chi connectivity index (χ3v) is 10.6. The van der Waals surface area contributed by atoms with E-state index in [-0.39, 0.29) is 35.4 Å². The first kappa shape index (κ1) is 34.3. The van der Waals surface area contributed by atoms with Gasteiger partial charge in [-0.05, 0) is 66.1 Å². The Morgan fingerprint density at radius 3 is 2.28 bits per heavy atom. The van der Waals surface area contributed by atoms with Gasteiger partial charge in [-0.3, -0.25) is 29.4 Å². The van der Waals surface area contributed by atoms with Crippen molar-refractivity contribution in [3.63, 3.8) is 0 Å². The molecule has 272 valence electrons. The van der Waals surface area contributed by atoms with Crippen LogP contribution in [0, 0.1) is 0 Å². The molecule has 0 aliphatic carbocycles. The quantitative estimate of drug-likeness (QED) is 0.231. The number of piperidine rings is 1. The molecule has 1 aromatic heterocycles. The number of hydrogen-bond acceptors (Lipinski definition) is 11. The van der Waals surface area contributed by atoms with Crippen LogP contribution in [-0.2, 0) is 26.3 Å². The number of fused-ring (bicyclic) bond motifs is 1. The molecule has 4 aliphatic heterocycles. The normalized spacial score (nSPS) is 19.2. The molecule has 0 radical (unpaired) electrons. The minimum absolute atomic E-state index is 0.0867. The fourth-order valence-corrected chi connectivity index (χ4v) is 7.34. The van der Waals surface area contributed by atoms with E-state index in [1.165, 1.54) is 11.1 Å². The second-order valence-electron chi connectivity index (χ2n) is 14.4. The maximum Gasteiger partial charge on any atom is 0.262 e. The number of carbonyl (C=O) groups is 4. The first-order valence-electron chi connectivity index (χ1n) is 18.0. The summed E-state index contributed by atoms with van der Waals surface area (Å²) in [6.07, 6.45) is 1.99. The van der Waals surface area contributed by atoms with Crippen LogP contribution >= 0.6 is 0 Å². The molecule has 1 atom stereocenters. The van der Waals surface area contributed by atoms with E-state index in [9.17, 15) is 19.2 Å². The molecule has 1 unspecified atom stereocenters. The van der Waals surface area contributed by atoms with Crippen molar-refractivity contribution in [1.82, 2.24) is 20.2 Å². The van der Waals surface area contributed by atoms with Gasteiger partial charge in [-0.15, -0.1) is 0 Å². The molecule has 13 nitrogen and oxygen atoms in total. The Kier molecular flexibility index (Phi) is 9.03. The van der Waals surface area contributed by atoms with Gasteiger partial charge in [-0.1, -0.05) is 38.1 Å². The maximum absolute atomic E-state index is 13.2. The highest BCUT2D eigenvalue weighted by molar-refractivity contribution is 6.23. The fourth-order valence-electron chi connectivity index (χ4n) is 7.34. The number of amides is 4. The molecule has 4 aromatic rings. The lowest BCUT2D eigenvalue weighted by Gasteiger charge is -2.42. The molecule has 2 N–H and O–H groups in total. The molecule has 53 heavy (non-hydrogen) atoms. The molecule has 3 aromatic carbocycles. The van der Waals surface area contributed by atoms with Gasteiger partial charge in [0, 0.05) is 55.6 Å². The number of carbonyl (C=O) groups excluding carboxylic acids is 4. The minimum Gasteiger partial charge on any atom is -0.487 e. The van der Waals surface area contributed by atoms with Crippen LogP contribution in [0.2, 0.25) is 0 Å². The second-order valence-corrected chi connectivity index (χ2v) is 14.4. The number of hydrogen-bond donors (Lipinski definition) is 2. The molecular weight excluding hydrogens is 674 g/mol. The van der Waals surface area contributed by atoms with Crippen molar-refractivity contribution in [2.24, 2.45) is 0 Å². The maximum atomic E-state index is 13.2. The summed E-state index contributed by atoms with van der Waals surface area (Å²) >= 11 is 0. The van der Waals surface area contributed by atoms with Crippen LogP contribution in [0.15, 0.2) is 79.0 Å². The summed E-state index contributed by atoms with van der Waals surface area (Å²) in [4.78, 5) is 64.7. The molecule has 4 amide bonds. The first-order valence-corrected chi connectivity index (χ1v) is 18.0. The first-order chi connectivity index (χ1) is 25.6. The van der Waals surface area contributed by atoms with Gasteiger partial charge in [0.15, 0.2) is 0 Å². The Balaban J connectivity index is 0.840. The lowest BCUT2D eigenvalue weighted by Crippen LogP contribution is -2.55. The number of nitrogens with one attached hydrogen (secondary N) is 2. The van der Waals surface area contributed by atoms with E-state index in [0.29, 0.717) is 25.8 Å². The zero-order valence-corrected chi connectivity index (χ0v) is 29.7. The summed E-state index contributed by atoms with van der Waals surface area (Å²) in [5.41, 5.74) is 5.38. The summed E-state index contributed by atoms with van der Waals surface area (Å²) in [7, 11) is 0. The van der Waals surface area contributed by atoms with Crippen LogP contribution in [0.3, 0.4) is 0 Å². The zero-order chi connectivity index (χ0) is 36.7. The van der Waals surface area contributed by atoms with Gasteiger partial charge < -0.3 is 24.6 Å². The van der Waals surface area contributed by atoms with Gasteiger partial charge in [0.25, 0.3) is 11.8 Å². The predicted molar refractivity (Wildman–Crippen MR) is 197 cm³/mol. The number of aromatic nitrogens is 2. The highest BCUT2D eigenvalue weighted by atomic mass is 16.5. The summed E-state index contributed by atoms with van der Waals surface area (Å²) in [6.45, 7) is 9.28. The van der Waals surface area contributed by atoms with Crippen LogP contribution in [-0.4, -0.2) is 90.0 Å². The molecule has 0 saturated carbocycles. The van der Waals surface area contributed by atoms with Gasteiger partial charge in [0.1, 0.15) is 18.4 Å². The Bertz CT molecular complexity index is 2060. The van der Waals surface area contributed by atoms with E-state index in [2.05, 4.69) is 80.6 Å². The molecule has 5 heterocycles. The topological polar surface area (TPSA) is 146 Å². The van der Waals surface area contributed by atoms with E-state index >= 15 is 0 Å². The Morgan fingerprint density at radius 2 is 1.57 bits per heavy atom. The second kappa shape index (κ2) is 14.0. The van der Waals surface area contributed by atoms with Crippen molar-refractivity contribution in [1.29, 1.82) is 0 Å². The van der Waals surface area contributed by atoms with E-state index in [1.807, 2.05) is 18.2 Å². The Hall–Kier alpha value is -5.82. The summed E-state index contributed by atoms with van der Waals surface area (Å²) in [5, 5.41) is 5.71. The van der Waals surface area contributed by atoms with Crippen molar-refractivity contribution in [3.05, 3.63) is 107 Å². The van der Waals surface area contributed by atoms with Crippen molar-refractivity contribution < 1.29 is 28.7 Å². The molecule has 13 heteroatoms. The van der Waals surface area contributed by atoms with Crippen LogP contribution in [0.25, 0.3) is 0 Å². The summed E-state index contributed by atoms with van der Waals surface area (Å²) in [6, 6.07) is 23.1. The van der Waals surface area contributed by atoms with Crippen LogP contribution in [0.1, 0.15) is 64.2 Å². The largest absolute Gasteiger partial charge is 0.487 e. The van der Waals surface area contributed by atoms with Gasteiger partial charge in [-0.25, -0.2) is 9.97 Å². The van der Waals surface area contributed by atoms with Gasteiger partial charge in [-0.2, -0.15) is 0 Å². The van der Waals surface area contributed by atoms with E-state index in [1.54, 1.807) is 24.4 Å². The smallest absolute Gasteiger partial charge is 0.262 e. The molecule has 0 spiro atoms. The average Bonchev–Trinajstić information content (AvgIpc) is 3.40. The average molecular weight is 716 g/mol. The lowest BCUT2D eigenvalue weighted by atomic mass is 9.78. The monoisotopic (exact) mass is 715 g/mol. The predicted octanol–water partition coefficient (Wildman–Crippen LogP) is 3.92. The summed E-state index contributed by atoms with van der Waals surface area (Å²) in [5.74, 6) is -0.545. The number of imide groups is 2. The van der Waals surface area contributed by atoms with Gasteiger partial charge in [0.2, 0.25) is 17.8 Å². The Morgan fingerprint density at radius 1 is 0.868 bits per heavy atom. The molecule has 3 fully saturated rings. The zero-order valence-electron chi connectivity index (χ0n) is 29.7. The van der Waals surface area contributed by atoms with E-state index in [4.69, 9.17) is 9.47 Å². The van der Waals surface area contributed by atoms with Gasteiger partial charge in [0.05, 0.1) is 36.1 Å². The number of nitrogens with zero attached hydrogens (tertiary/aromatic N) is 5. The highest BCUT2D eigenvalue weighted by Crippen LogP contribution is 2.35. The van der Waals surface area contributed by atoms with Crippen LogP contribution in [0.5, 0.6) is 5.75 Å². The van der Waals surface area contributed by atoms with Gasteiger partial charge >= 0.3 is 0 Å². The SMILES string of the molecule is CC(C)(c1ccc(OCc2ccnc(N3CCOCC3)n2)cc1)c1ccc(N2CC(Nc3ccc4c(c3)C(=O)N(C3CCC(=O)NC3=O)C4=O)C2)cc1. The van der Waals surface area contributed by atoms with Crippen molar-refractivity contribution in [2.45, 2.75) is 50.8 Å². The number of benzene rings is 3. The van der Waals surface area contributed by atoms with Crippen molar-refractivity contribution in [2.75, 3.05) is 54.5 Å². The third kappa shape index (κ3) is 6.79. The van der Waals surface area contributed by atoms with E-state index < -0.39 is 29.7 Å². The molecule has 8 rings (SSSR count). The molecule has 3 saturated heterocycles. The third-order valence-electron chi connectivity index (χ3n) is 10.6. The molecular formula is C40H41N7O6. The minimum atomic E-state index is -0.981. The van der Waals surface area contributed by atoms with Crippen molar-refractivity contribution in [3.8, 4) is 5.75 Å². The Labute approximate surface area is 307 Å². The number of morpholine rings is 1. The molecule has 4 aliphatic rings. The summed E-state index contributed by atoms with van der Waals surface area (Å²) < 4.78 is 11.5. The van der Waals surface area contributed by atoms with E-state index in [0.717, 1.165) is 53.9 Å². The van der Waals surface area contributed by atoms with Crippen LogP contribution < -0.4 is 25.2 Å². The van der Waals surface area contributed by atoms with Crippen LogP contribution in [0.4, 0.5) is 17.3 Å².